The molecule has 1 heterocycles. The van der Waals surface area contributed by atoms with Crippen molar-refractivity contribution in [3.63, 3.8) is 0 Å². The lowest BCUT2D eigenvalue weighted by Crippen LogP contribution is -2.24. The first-order valence-electron chi connectivity index (χ1n) is 7.84. The molecule has 0 atom stereocenters. The number of nitrogens with zero attached hydrogens (tertiary/aromatic N) is 2. The summed E-state index contributed by atoms with van der Waals surface area (Å²) in [5.74, 6) is 1.23. The Bertz CT molecular complexity index is 831. The van der Waals surface area contributed by atoms with E-state index in [-0.39, 0.29) is 5.91 Å². The molecule has 4 nitrogen and oxygen atoms in total. The summed E-state index contributed by atoms with van der Waals surface area (Å²) in [6.45, 7) is 4.69. The quantitative estimate of drug-likeness (QED) is 0.800. The number of aromatic nitrogens is 2. The molecule has 4 heteroatoms. The fourth-order valence-corrected chi connectivity index (χ4v) is 2.63. The average molecular weight is 307 g/mol. The molecular formula is C19H21N3O. The molecule has 0 radical (unpaired) electrons. The van der Waals surface area contributed by atoms with Crippen LogP contribution in [0, 0.1) is 0 Å². The molecule has 0 aliphatic heterocycles. The van der Waals surface area contributed by atoms with Gasteiger partial charge in [0, 0.05) is 12.6 Å². The second kappa shape index (κ2) is 6.24. The number of nitrogens with one attached hydrogen (secondary N) is 1. The molecule has 0 aliphatic carbocycles. The van der Waals surface area contributed by atoms with Crippen LogP contribution < -0.4 is 5.32 Å². The monoisotopic (exact) mass is 307 g/mol. The summed E-state index contributed by atoms with van der Waals surface area (Å²) < 4.78 is 2.01. The van der Waals surface area contributed by atoms with Crippen LogP contribution in [-0.4, -0.2) is 15.5 Å². The zero-order chi connectivity index (χ0) is 16.4. The number of amides is 1. The number of carbonyl (C=O) groups is 1. The van der Waals surface area contributed by atoms with Crippen LogP contribution in [0.1, 0.15) is 41.5 Å². The van der Waals surface area contributed by atoms with Gasteiger partial charge in [0.1, 0.15) is 5.82 Å². The zero-order valence-corrected chi connectivity index (χ0v) is 13.7. The van der Waals surface area contributed by atoms with Crippen molar-refractivity contribution in [3.8, 4) is 0 Å². The van der Waals surface area contributed by atoms with Gasteiger partial charge in [-0.2, -0.15) is 0 Å². The van der Waals surface area contributed by atoms with Crippen molar-refractivity contribution in [2.45, 2.75) is 26.3 Å². The Hall–Kier alpha value is -2.62. The number of hydrogen-bond donors (Lipinski definition) is 1. The number of carbonyl (C=O) groups excluding carboxylic acids is 1. The van der Waals surface area contributed by atoms with Crippen LogP contribution >= 0.6 is 0 Å². The molecule has 1 aromatic heterocycles. The highest BCUT2D eigenvalue weighted by atomic mass is 16.1. The molecule has 0 saturated carbocycles. The summed E-state index contributed by atoms with van der Waals surface area (Å²) in [6.07, 6.45) is 0. The van der Waals surface area contributed by atoms with E-state index in [0.717, 1.165) is 16.9 Å². The first kappa shape index (κ1) is 15.3. The summed E-state index contributed by atoms with van der Waals surface area (Å²) in [5.41, 5.74) is 3.92. The summed E-state index contributed by atoms with van der Waals surface area (Å²) in [4.78, 5) is 16.8. The molecule has 3 aromatic rings. The van der Waals surface area contributed by atoms with Crippen LogP contribution in [0.25, 0.3) is 11.0 Å². The zero-order valence-electron chi connectivity index (χ0n) is 13.7. The van der Waals surface area contributed by atoms with Gasteiger partial charge in [0.15, 0.2) is 0 Å². The molecular weight excluding hydrogens is 286 g/mol. The Kier molecular flexibility index (Phi) is 4.15. The van der Waals surface area contributed by atoms with E-state index in [1.807, 2.05) is 60.1 Å². The van der Waals surface area contributed by atoms with E-state index in [0.29, 0.717) is 18.0 Å². The van der Waals surface area contributed by atoms with E-state index in [9.17, 15) is 4.79 Å². The second-order valence-corrected chi connectivity index (χ2v) is 6.04. The predicted octanol–water partition coefficient (Wildman–Crippen LogP) is 3.63. The number of rotatable bonds is 4. The van der Waals surface area contributed by atoms with E-state index >= 15 is 0 Å². The number of imidazole rings is 1. The first-order chi connectivity index (χ1) is 11.1. The summed E-state index contributed by atoms with van der Waals surface area (Å²) in [5, 5.41) is 2.94. The SMILES string of the molecule is CC(C)c1ccc(C(=O)NCc2nc3ccccc3n2C)cc1. The predicted molar refractivity (Wildman–Crippen MR) is 92.4 cm³/mol. The summed E-state index contributed by atoms with van der Waals surface area (Å²) in [6, 6.07) is 15.7. The fraction of sp³-hybridized carbons (Fsp3) is 0.263. The van der Waals surface area contributed by atoms with Crippen LogP contribution in [0.3, 0.4) is 0 Å². The lowest BCUT2D eigenvalue weighted by Gasteiger charge is -2.08. The third-order valence-electron chi connectivity index (χ3n) is 4.13. The van der Waals surface area contributed by atoms with Crippen LogP contribution in [0.15, 0.2) is 48.5 Å². The minimum absolute atomic E-state index is 0.0765. The molecule has 1 amide bonds. The summed E-state index contributed by atoms with van der Waals surface area (Å²) >= 11 is 0. The Balaban J connectivity index is 1.71. The number of benzene rings is 2. The molecule has 23 heavy (non-hydrogen) atoms. The molecule has 3 rings (SSSR count). The van der Waals surface area contributed by atoms with Crippen molar-refractivity contribution in [2.75, 3.05) is 0 Å². The van der Waals surface area contributed by atoms with Crippen molar-refractivity contribution in [3.05, 3.63) is 65.5 Å². The van der Waals surface area contributed by atoms with Gasteiger partial charge in [0.05, 0.1) is 17.6 Å². The van der Waals surface area contributed by atoms with Crippen molar-refractivity contribution in [1.82, 2.24) is 14.9 Å². The highest BCUT2D eigenvalue weighted by Crippen LogP contribution is 2.16. The van der Waals surface area contributed by atoms with Gasteiger partial charge >= 0.3 is 0 Å². The maximum Gasteiger partial charge on any atom is 0.251 e. The Morgan fingerprint density at radius 2 is 1.83 bits per heavy atom. The topological polar surface area (TPSA) is 46.9 Å². The number of hydrogen-bond acceptors (Lipinski definition) is 2. The molecule has 0 aliphatic rings. The van der Waals surface area contributed by atoms with E-state index in [1.165, 1.54) is 5.56 Å². The van der Waals surface area contributed by atoms with Gasteiger partial charge in [0.25, 0.3) is 5.91 Å². The largest absolute Gasteiger partial charge is 0.345 e. The third-order valence-corrected chi connectivity index (χ3v) is 4.13. The molecule has 0 unspecified atom stereocenters. The normalized spacial score (nSPS) is 11.1. The van der Waals surface area contributed by atoms with E-state index in [2.05, 4.69) is 24.1 Å². The molecule has 0 saturated heterocycles. The molecule has 0 fully saturated rings. The second-order valence-electron chi connectivity index (χ2n) is 6.04. The maximum atomic E-state index is 12.3. The van der Waals surface area contributed by atoms with Crippen LogP contribution in [0.5, 0.6) is 0 Å². The van der Waals surface area contributed by atoms with Gasteiger partial charge in [-0.05, 0) is 35.7 Å². The standard InChI is InChI=1S/C19H21N3O/c1-13(2)14-8-10-15(11-9-14)19(23)20-12-18-21-16-6-4-5-7-17(16)22(18)3/h4-11,13H,12H2,1-3H3,(H,20,23). The summed E-state index contributed by atoms with van der Waals surface area (Å²) in [7, 11) is 1.97. The van der Waals surface area contributed by atoms with Gasteiger partial charge in [-0.15, -0.1) is 0 Å². The third kappa shape index (κ3) is 3.11. The minimum Gasteiger partial charge on any atom is -0.345 e. The lowest BCUT2D eigenvalue weighted by atomic mass is 10.0. The van der Waals surface area contributed by atoms with Crippen LogP contribution in [0.4, 0.5) is 0 Å². The van der Waals surface area contributed by atoms with Crippen molar-refractivity contribution in [2.24, 2.45) is 7.05 Å². The molecule has 2 aromatic carbocycles. The fourth-order valence-electron chi connectivity index (χ4n) is 2.63. The van der Waals surface area contributed by atoms with Gasteiger partial charge in [-0.3, -0.25) is 4.79 Å². The number of para-hydroxylation sites is 2. The Labute approximate surface area is 136 Å². The highest BCUT2D eigenvalue weighted by molar-refractivity contribution is 5.94. The van der Waals surface area contributed by atoms with E-state index < -0.39 is 0 Å². The minimum atomic E-state index is -0.0765. The van der Waals surface area contributed by atoms with Crippen LogP contribution in [0.2, 0.25) is 0 Å². The van der Waals surface area contributed by atoms with Crippen molar-refractivity contribution < 1.29 is 4.79 Å². The Morgan fingerprint density at radius 1 is 1.13 bits per heavy atom. The molecule has 0 spiro atoms. The Morgan fingerprint density at radius 3 is 2.48 bits per heavy atom. The molecule has 0 bridgehead atoms. The lowest BCUT2D eigenvalue weighted by molar-refractivity contribution is 0.0949. The van der Waals surface area contributed by atoms with Gasteiger partial charge in [0.2, 0.25) is 0 Å². The highest BCUT2D eigenvalue weighted by Gasteiger charge is 2.10. The van der Waals surface area contributed by atoms with Crippen molar-refractivity contribution >= 4 is 16.9 Å². The molecule has 118 valence electrons. The average Bonchev–Trinajstić information content (AvgIpc) is 2.89. The van der Waals surface area contributed by atoms with Crippen molar-refractivity contribution in [1.29, 1.82) is 0 Å². The van der Waals surface area contributed by atoms with Crippen LogP contribution in [-0.2, 0) is 13.6 Å². The van der Waals surface area contributed by atoms with E-state index in [4.69, 9.17) is 0 Å². The van der Waals surface area contributed by atoms with Gasteiger partial charge in [-0.1, -0.05) is 38.1 Å². The molecule has 1 N–H and O–H groups in total. The maximum absolute atomic E-state index is 12.3. The number of aryl methyl sites for hydroxylation is 1. The van der Waals surface area contributed by atoms with E-state index in [1.54, 1.807) is 0 Å². The smallest absolute Gasteiger partial charge is 0.251 e. The van der Waals surface area contributed by atoms with Gasteiger partial charge < -0.3 is 9.88 Å². The number of fused-ring (bicyclic) bond motifs is 1. The first-order valence-corrected chi connectivity index (χ1v) is 7.84. The van der Waals surface area contributed by atoms with Gasteiger partial charge in [-0.25, -0.2) is 4.98 Å².